The van der Waals surface area contributed by atoms with Crippen LogP contribution in [0.15, 0.2) is 42.7 Å². The number of benzene rings is 1. The number of ether oxygens (including phenoxy) is 1. The van der Waals surface area contributed by atoms with Gasteiger partial charge in [-0.25, -0.2) is 4.98 Å². The Hall–Kier alpha value is -2.51. The van der Waals surface area contributed by atoms with Crippen LogP contribution >= 0.6 is 0 Å². The lowest BCUT2D eigenvalue weighted by Crippen LogP contribution is -2.52. The Bertz CT molecular complexity index is 897. The number of fused-ring (bicyclic) bond motifs is 1. The zero-order valence-electron chi connectivity index (χ0n) is 15.4. The Morgan fingerprint density at radius 1 is 0.963 bits per heavy atom. The Labute approximate surface area is 158 Å². The van der Waals surface area contributed by atoms with Crippen molar-refractivity contribution < 1.29 is 4.74 Å². The maximum Gasteiger partial charge on any atom is 0.254 e. The molecular weight excluding hydrogens is 340 g/mol. The van der Waals surface area contributed by atoms with Crippen LogP contribution < -0.4 is 4.90 Å². The van der Waals surface area contributed by atoms with Gasteiger partial charge in [-0.2, -0.15) is 14.6 Å². The molecule has 7 heteroatoms. The van der Waals surface area contributed by atoms with Crippen molar-refractivity contribution >= 4 is 11.6 Å². The van der Waals surface area contributed by atoms with Gasteiger partial charge in [-0.1, -0.05) is 30.3 Å². The maximum absolute atomic E-state index is 5.51. The fourth-order valence-corrected chi connectivity index (χ4v) is 4.15. The fraction of sp³-hybridized carbons (Fsp3) is 0.450. The van der Waals surface area contributed by atoms with Crippen LogP contribution in [-0.2, 0) is 4.74 Å². The Morgan fingerprint density at radius 3 is 2.52 bits per heavy atom. The smallest absolute Gasteiger partial charge is 0.254 e. The number of rotatable bonds is 3. The van der Waals surface area contributed by atoms with Crippen LogP contribution in [0.2, 0.25) is 0 Å². The molecule has 0 amide bonds. The van der Waals surface area contributed by atoms with Gasteiger partial charge in [0.05, 0.1) is 5.69 Å². The van der Waals surface area contributed by atoms with Crippen molar-refractivity contribution in [2.75, 3.05) is 44.3 Å². The third-order valence-electron chi connectivity index (χ3n) is 5.65. The molecule has 2 aromatic heterocycles. The second-order valence-corrected chi connectivity index (χ2v) is 7.20. The summed E-state index contributed by atoms with van der Waals surface area (Å²) in [6.07, 6.45) is 3.89. The lowest BCUT2D eigenvalue weighted by molar-refractivity contribution is 0.0320. The lowest BCUT2D eigenvalue weighted by Gasteiger charge is -2.41. The average Bonchev–Trinajstić information content (AvgIpc) is 3.23. The molecule has 5 rings (SSSR count). The van der Waals surface area contributed by atoms with Gasteiger partial charge in [0.1, 0.15) is 12.1 Å². The number of piperazine rings is 1. The second kappa shape index (κ2) is 7.25. The summed E-state index contributed by atoms with van der Waals surface area (Å²) in [5, 5.41) is 4.41. The average molecular weight is 364 g/mol. The largest absolute Gasteiger partial charge is 0.381 e. The molecule has 27 heavy (non-hydrogen) atoms. The van der Waals surface area contributed by atoms with Gasteiger partial charge < -0.3 is 9.64 Å². The first-order valence-electron chi connectivity index (χ1n) is 9.71. The molecule has 0 spiro atoms. The summed E-state index contributed by atoms with van der Waals surface area (Å²) in [5.41, 5.74) is 2.04. The highest BCUT2D eigenvalue weighted by atomic mass is 16.5. The summed E-state index contributed by atoms with van der Waals surface area (Å²) < 4.78 is 7.37. The van der Waals surface area contributed by atoms with Crippen molar-refractivity contribution in [2.24, 2.45) is 0 Å². The van der Waals surface area contributed by atoms with Crippen LogP contribution in [0, 0.1) is 0 Å². The molecule has 2 aliphatic heterocycles. The van der Waals surface area contributed by atoms with Gasteiger partial charge in [-0.3, -0.25) is 4.90 Å². The van der Waals surface area contributed by atoms with E-state index in [1.54, 1.807) is 6.33 Å². The highest BCUT2D eigenvalue weighted by Gasteiger charge is 2.26. The minimum atomic E-state index is 0.651. The molecule has 2 saturated heterocycles. The number of aromatic nitrogens is 4. The van der Waals surface area contributed by atoms with E-state index in [1.165, 1.54) is 0 Å². The highest BCUT2D eigenvalue weighted by molar-refractivity contribution is 5.65. The number of hydrogen-bond acceptors (Lipinski definition) is 6. The standard InChI is InChI=1S/C20H24N6O/c1-2-4-16(5-3-1)18-14-19(26-20(23-18)21-15-22-26)25-10-8-24(9-11-25)17-6-12-27-13-7-17/h1-5,14-15,17H,6-13H2. The Balaban J connectivity index is 1.41. The molecule has 0 aliphatic carbocycles. The zero-order chi connectivity index (χ0) is 18.1. The van der Waals surface area contributed by atoms with E-state index in [-0.39, 0.29) is 0 Å². The lowest BCUT2D eigenvalue weighted by atomic mass is 10.1. The van der Waals surface area contributed by atoms with E-state index in [4.69, 9.17) is 4.74 Å². The summed E-state index contributed by atoms with van der Waals surface area (Å²) >= 11 is 0. The molecule has 0 N–H and O–H groups in total. The minimum absolute atomic E-state index is 0.651. The summed E-state index contributed by atoms with van der Waals surface area (Å²) in [6.45, 7) is 5.92. The van der Waals surface area contributed by atoms with E-state index < -0.39 is 0 Å². The summed E-state index contributed by atoms with van der Waals surface area (Å²) in [5.74, 6) is 1.72. The van der Waals surface area contributed by atoms with Gasteiger partial charge in [-0.05, 0) is 12.8 Å². The number of anilines is 1. The molecule has 2 fully saturated rings. The van der Waals surface area contributed by atoms with E-state index >= 15 is 0 Å². The van der Waals surface area contributed by atoms with Crippen LogP contribution in [0.3, 0.4) is 0 Å². The molecule has 0 unspecified atom stereocenters. The molecule has 4 heterocycles. The van der Waals surface area contributed by atoms with Crippen molar-refractivity contribution in [3.63, 3.8) is 0 Å². The van der Waals surface area contributed by atoms with Gasteiger partial charge in [0, 0.05) is 57.1 Å². The summed E-state index contributed by atoms with van der Waals surface area (Å²) in [6, 6.07) is 13.1. The molecule has 1 aromatic carbocycles. The zero-order valence-corrected chi connectivity index (χ0v) is 15.4. The van der Waals surface area contributed by atoms with Crippen LogP contribution in [-0.4, -0.2) is 69.9 Å². The topological polar surface area (TPSA) is 58.8 Å². The third-order valence-corrected chi connectivity index (χ3v) is 5.65. The van der Waals surface area contributed by atoms with Crippen molar-refractivity contribution in [2.45, 2.75) is 18.9 Å². The van der Waals surface area contributed by atoms with Crippen LogP contribution in [0.5, 0.6) is 0 Å². The molecule has 0 atom stereocenters. The van der Waals surface area contributed by atoms with Crippen molar-refractivity contribution in [1.29, 1.82) is 0 Å². The molecular formula is C20H24N6O. The van der Waals surface area contributed by atoms with Gasteiger partial charge in [0.2, 0.25) is 0 Å². The van der Waals surface area contributed by atoms with Gasteiger partial charge >= 0.3 is 0 Å². The summed E-state index contributed by atoms with van der Waals surface area (Å²) in [4.78, 5) is 14.1. The normalized spacial score (nSPS) is 19.6. The fourth-order valence-electron chi connectivity index (χ4n) is 4.15. The third kappa shape index (κ3) is 3.28. The quantitative estimate of drug-likeness (QED) is 0.709. The van der Waals surface area contributed by atoms with Gasteiger partial charge in [0.25, 0.3) is 5.78 Å². The van der Waals surface area contributed by atoms with Crippen LogP contribution in [0.25, 0.3) is 17.0 Å². The van der Waals surface area contributed by atoms with Crippen LogP contribution in [0.4, 0.5) is 5.82 Å². The molecule has 140 valence electrons. The monoisotopic (exact) mass is 364 g/mol. The number of nitrogens with zero attached hydrogens (tertiary/aromatic N) is 6. The first-order valence-corrected chi connectivity index (χ1v) is 9.71. The van der Waals surface area contributed by atoms with Crippen molar-refractivity contribution in [1.82, 2.24) is 24.5 Å². The minimum Gasteiger partial charge on any atom is -0.381 e. The first-order chi connectivity index (χ1) is 13.4. The van der Waals surface area contributed by atoms with Crippen LogP contribution in [0.1, 0.15) is 12.8 Å². The Morgan fingerprint density at radius 2 is 1.74 bits per heavy atom. The predicted octanol–water partition coefficient (Wildman–Crippen LogP) is 2.09. The van der Waals surface area contributed by atoms with E-state index in [0.29, 0.717) is 11.8 Å². The molecule has 0 saturated carbocycles. The number of hydrogen-bond donors (Lipinski definition) is 0. The molecule has 7 nitrogen and oxygen atoms in total. The SMILES string of the molecule is c1ccc(-c2cc(N3CCN(C4CCOCC4)CC3)n3ncnc3n2)cc1. The maximum atomic E-state index is 5.51. The van der Waals surface area contributed by atoms with Gasteiger partial charge in [0.15, 0.2) is 0 Å². The molecule has 0 radical (unpaired) electrons. The second-order valence-electron chi connectivity index (χ2n) is 7.20. The van der Waals surface area contributed by atoms with E-state index in [0.717, 1.165) is 69.3 Å². The van der Waals surface area contributed by atoms with Gasteiger partial charge in [-0.15, -0.1) is 0 Å². The van der Waals surface area contributed by atoms with E-state index in [9.17, 15) is 0 Å². The molecule has 0 bridgehead atoms. The van der Waals surface area contributed by atoms with Crippen molar-refractivity contribution in [3.05, 3.63) is 42.7 Å². The first kappa shape index (κ1) is 16.6. The van der Waals surface area contributed by atoms with E-state index in [2.05, 4.69) is 43.1 Å². The molecule has 3 aromatic rings. The predicted molar refractivity (Wildman–Crippen MR) is 104 cm³/mol. The van der Waals surface area contributed by atoms with E-state index in [1.807, 2.05) is 22.7 Å². The van der Waals surface area contributed by atoms with Crippen molar-refractivity contribution in [3.8, 4) is 11.3 Å². The Kier molecular flexibility index (Phi) is 4.47. The summed E-state index contributed by atoms with van der Waals surface area (Å²) in [7, 11) is 0. The molecule has 2 aliphatic rings. The highest BCUT2D eigenvalue weighted by Crippen LogP contribution is 2.25.